The summed E-state index contributed by atoms with van der Waals surface area (Å²) in [5, 5.41) is 11.1. The van der Waals surface area contributed by atoms with Crippen molar-refractivity contribution in [2.45, 2.75) is 6.73 Å². The highest BCUT2D eigenvalue weighted by Crippen LogP contribution is 2.23. The molecule has 0 aliphatic rings. The van der Waals surface area contributed by atoms with Gasteiger partial charge >= 0.3 is 0 Å². The molecule has 2 heterocycles. The fraction of sp³-hybridized carbons (Fsp3) is 0.125. The first-order valence-corrected chi connectivity index (χ1v) is 7.87. The average Bonchev–Trinajstić information content (AvgIpc) is 3.21. The second-order valence-electron chi connectivity index (χ2n) is 5.29. The number of primary amides is 1. The lowest BCUT2D eigenvalue weighted by Crippen LogP contribution is -2.20. The molecule has 0 atom stereocenters. The standard InChI is InChI=1S/C16H15ClN6O3/c1-22-14(15(18)24)12(8-19-22)20-16(25)11-6-7-23(21-11)9-26-13-5-3-2-4-10(13)17/h2-8H,9H2,1H3,(H2,18,24)(H,20,25). The molecule has 3 rings (SSSR count). The normalized spacial score (nSPS) is 10.5. The third-order valence-electron chi connectivity index (χ3n) is 3.48. The number of hydrogen-bond acceptors (Lipinski definition) is 5. The van der Waals surface area contributed by atoms with Gasteiger partial charge in [-0.15, -0.1) is 0 Å². The Hall–Kier alpha value is -3.33. The molecule has 0 bridgehead atoms. The quantitative estimate of drug-likeness (QED) is 0.680. The summed E-state index contributed by atoms with van der Waals surface area (Å²) in [7, 11) is 1.55. The van der Waals surface area contributed by atoms with Gasteiger partial charge in [0.2, 0.25) is 0 Å². The zero-order valence-corrected chi connectivity index (χ0v) is 14.5. The largest absolute Gasteiger partial charge is 0.470 e. The second kappa shape index (κ2) is 7.28. The number of para-hydroxylation sites is 1. The summed E-state index contributed by atoms with van der Waals surface area (Å²) >= 11 is 6.01. The summed E-state index contributed by atoms with van der Waals surface area (Å²) in [4.78, 5) is 23.7. The number of carbonyl (C=O) groups is 2. The van der Waals surface area contributed by atoms with Gasteiger partial charge in [-0.2, -0.15) is 10.2 Å². The highest BCUT2D eigenvalue weighted by atomic mass is 35.5. The maximum Gasteiger partial charge on any atom is 0.276 e. The molecule has 10 heteroatoms. The summed E-state index contributed by atoms with van der Waals surface area (Å²) in [6.45, 7) is 0.0798. The number of carbonyl (C=O) groups excluding carboxylic acids is 2. The van der Waals surface area contributed by atoms with Crippen molar-refractivity contribution < 1.29 is 14.3 Å². The van der Waals surface area contributed by atoms with Gasteiger partial charge in [0.15, 0.2) is 12.4 Å². The van der Waals surface area contributed by atoms with Crippen LogP contribution in [0.3, 0.4) is 0 Å². The van der Waals surface area contributed by atoms with E-state index in [1.54, 1.807) is 37.5 Å². The molecule has 0 aliphatic carbocycles. The molecular weight excluding hydrogens is 360 g/mol. The lowest BCUT2D eigenvalue weighted by atomic mass is 10.3. The van der Waals surface area contributed by atoms with Crippen LogP contribution in [0.1, 0.15) is 21.0 Å². The summed E-state index contributed by atoms with van der Waals surface area (Å²) in [5.41, 5.74) is 5.74. The molecule has 0 radical (unpaired) electrons. The van der Waals surface area contributed by atoms with E-state index in [1.165, 1.54) is 21.6 Å². The van der Waals surface area contributed by atoms with E-state index in [9.17, 15) is 9.59 Å². The fourth-order valence-corrected chi connectivity index (χ4v) is 2.45. The van der Waals surface area contributed by atoms with Crippen LogP contribution in [-0.4, -0.2) is 31.4 Å². The van der Waals surface area contributed by atoms with Crippen molar-refractivity contribution in [1.29, 1.82) is 0 Å². The van der Waals surface area contributed by atoms with Gasteiger partial charge < -0.3 is 15.8 Å². The maximum absolute atomic E-state index is 12.3. The molecule has 1 aromatic carbocycles. The Labute approximate surface area is 153 Å². The summed E-state index contributed by atoms with van der Waals surface area (Å²) < 4.78 is 8.28. The van der Waals surface area contributed by atoms with Crippen LogP contribution in [0, 0.1) is 0 Å². The lowest BCUT2D eigenvalue weighted by molar-refractivity contribution is 0.0992. The maximum atomic E-state index is 12.3. The highest BCUT2D eigenvalue weighted by molar-refractivity contribution is 6.32. The molecular formula is C16H15ClN6O3. The Balaban J connectivity index is 1.67. The third kappa shape index (κ3) is 3.67. The number of ether oxygens (including phenoxy) is 1. The number of amides is 2. The van der Waals surface area contributed by atoms with E-state index in [4.69, 9.17) is 22.1 Å². The van der Waals surface area contributed by atoms with Gasteiger partial charge in [0.05, 0.1) is 16.9 Å². The number of rotatable bonds is 6. The van der Waals surface area contributed by atoms with Crippen LogP contribution in [0.2, 0.25) is 5.02 Å². The van der Waals surface area contributed by atoms with Crippen LogP contribution in [0.5, 0.6) is 5.75 Å². The van der Waals surface area contributed by atoms with E-state index in [-0.39, 0.29) is 23.8 Å². The van der Waals surface area contributed by atoms with E-state index < -0.39 is 11.8 Å². The zero-order valence-electron chi connectivity index (χ0n) is 13.7. The van der Waals surface area contributed by atoms with Crippen molar-refractivity contribution in [3.8, 4) is 5.75 Å². The van der Waals surface area contributed by atoms with Gasteiger partial charge in [-0.1, -0.05) is 23.7 Å². The first kappa shape index (κ1) is 17.5. The van der Waals surface area contributed by atoms with Crippen molar-refractivity contribution in [2.24, 2.45) is 12.8 Å². The van der Waals surface area contributed by atoms with Gasteiger partial charge in [0.1, 0.15) is 11.4 Å². The van der Waals surface area contributed by atoms with Crippen LogP contribution in [0.25, 0.3) is 0 Å². The molecule has 0 saturated heterocycles. The smallest absolute Gasteiger partial charge is 0.276 e. The molecule has 134 valence electrons. The minimum absolute atomic E-state index is 0.0798. The van der Waals surface area contributed by atoms with E-state index in [0.29, 0.717) is 10.8 Å². The van der Waals surface area contributed by atoms with Crippen molar-refractivity contribution in [2.75, 3.05) is 5.32 Å². The molecule has 26 heavy (non-hydrogen) atoms. The summed E-state index contributed by atoms with van der Waals surface area (Å²) in [6, 6.07) is 8.56. The number of nitrogens with two attached hydrogens (primary N) is 1. The van der Waals surface area contributed by atoms with Crippen LogP contribution >= 0.6 is 11.6 Å². The Bertz CT molecular complexity index is 965. The first-order chi connectivity index (χ1) is 12.5. The van der Waals surface area contributed by atoms with Gasteiger partial charge in [0, 0.05) is 13.2 Å². The zero-order chi connectivity index (χ0) is 18.7. The first-order valence-electron chi connectivity index (χ1n) is 7.49. The van der Waals surface area contributed by atoms with Crippen molar-refractivity contribution in [3.05, 3.63) is 59.1 Å². The number of hydrogen-bond donors (Lipinski definition) is 2. The Kier molecular flexibility index (Phi) is 4.90. The lowest BCUT2D eigenvalue weighted by Gasteiger charge is -2.07. The van der Waals surface area contributed by atoms with Crippen molar-refractivity contribution in [3.63, 3.8) is 0 Å². The molecule has 0 fully saturated rings. The monoisotopic (exact) mass is 374 g/mol. The molecule has 2 aromatic heterocycles. The number of aryl methyl sites for hydroxylation is 1. The topological polar surface area (TPSA) is 117 Å². The fourth-order valence-electron chi connectivity index (χ4n) is 2.26. The number of benzene rings is 1. The van der Waals surface area contributed by atoms with Gasteiger partial charge in [0.25, 0.3) is 11.8 Å². The van der Waals surface area contributed by atoms with Crippen LogP contribution in [-0.2, 0) is 13.8 Å². The molecule has 0 unspecified atom stereocenters. The number of nitrogens with one attached hydrogen (secondary N) is 1. The van der Waals surface area contributed by atoms with E-state index >= 15 is 0 Å². The average molecular weight is 375 g/mol. The Morgan fingerprint density at radius 3 is 2.81 bits per heavy atom. The predicted molar refractivity (Wildman–Crippen MR) is 94.0 cm³/mol. The van der Waals surface area contributed by atoms with E-state index in [0.717, 1.165) is 0 Å². The number of nitrogens with zero attached hydrogens (tertiary/aromatic N) is 4. The van der Waals surface area contributed by atoms with Crippen LogP contribution < -0.4 is 15.8 Å². The molecule has 2 amide bonds. The van der Waals surface area contributed by atoms with E-state index in [2.05, 4.69) is 15.5 Å². The number of aromatic nitrogens is 4. The molecule has 9 nitrogen and oxygen atoms in total. The Morgan fingerprint density at radius 2 is 2.08 bits per heavy atom. The summed E-state index contributed by atoms with van der Waals surface area (Å²) in [6.07, 6.45) is 2.93. The van der Waals surface area contributed by atoms with E-state index in [1.807, 2.05) is 0 Å². The highest BCUT2D eigenvalue weighted by Gasteiger charge is 2.18. The van der Waals surface area contributed by atoms with Crippen molar-refractivity contribution in [1.82, 2.24) is 19.6 Å². The molecule has 0 aliphatic heterocycles. The predicted octanol–water partition coefficient (Wildman–Crippen LogP) is 1.66. The second-order valence-corrected chi connectivity index (χ2v) is 5.70. The minimum Gasteiger partial charge on any atom is -0.470 e. The number of anilines is 1. The summed E-state index contributed by atoms with van der Waals surface area (Å²) in [5.74, 6) is -0.687. The molecule has 0 saturated carbocycles. The molecule has 0 spiro atoms. The van der Waals surface area contributed by atoms with Crippen molar-refractivity contribution >= 4 is 29.1 Å². The van der Waals surface area contributed by atoms with Gasteiger partial charge in [-0.3, -0.25) is 14.3 Å². The number of halogens is 1. The SMILES string of the molecule is Cn1ncc(NC(=O)c2ccn(COc3ccccc3Cl)n2)c1C(N)=O. The van der Waals surface area contributed by atoms with Gasteiger partial charge in [-0.25, -0.2) is 4.68 Å². The third-order valence-corrected chi connectivity index (χ3v) is 3.79. The molecule has 3 N–H and O–H groups in total. The van der Waals surface area contributed by atoms with Crippen LogP contribution in [0.4, 0.5) is 5.69 Å². The minimum atomic E-state index is -0.695. The molecule has 3 aromatic rings. The Morgan fingerprint density at radius 1 is 1.31 bits per heavy atom. The van der Waals surface area contributed by atoms with Gasteiger partial charge in [-0.05, 0) is 18.2 Å². The van der Waals surface area contributed by atoms with Crippen LogP contribution in [0.15, 0.2) is 42.7 Å².